The van der Waals surface area contributed by atoms with E-state index in [4.69, 9.17) is 1.37 Å². The third-order valence-corrected chi connectivity index (χ3v) is 3.61. The maximum atomic E-state index is 9.69. The van der Waals surface area contributed by atoms with Crippen molar-refractivity contribution in [2.75, 3.05) is 0 Å². The second-order valence-corrected chi connectivity index (χ2v) is 4.34. The molecule has 3 atom stereocenters. The average molecular weight is 141 g/mol. The predicted molar refractivity (Wildman–Crippen MR) is 40.6 cm³/mol. The monoisotopic (exact) mass is 141 g/mol. The fourth-order valence-corrected chi connectivity index (χ4v) is 2.75. The lowest BCUT2D eigenvalue weighted by atomic mass is 9.82. The van der Waals surface area contributed by atoms with E-state index in [1.54, 1.807) is 0 Å². The summed E-state index contributed by atoms with van der Waals surface area (Å²) in [6, 6.07) is 0. The highest BCUT2D eigenvalue weighted by molar-refractivity contribution is 5.02. The Morgan fingerprint density at radius 3 is 2.40 bits per heavy atom. The van der Waals surface area contributed by atoms with Crippen molar-refractivity contribution in [1.82, 2.24) is 0 Å². The Morgan fingerprint density at radius 1 is 1.50 bits per heavy atom. The summed E-state index contributed by atoms with van der Waals surface area (Å²) in [5.74, 6) is 0.815. The van der Waals surface area contributed by atoms with Crippen molar-refractivity contribution < 1.29 is 6.48 Å². The molecule has 0 spiro atoms. The Labute approximate surface area is 63.8 Å². The summed E-state index contributed by atoms with van der Waals surface area (Å²) in [6.07, 6.45) is 1.87. The fraction of sp³-hybridized carbons (Fsp3) is 1.00. The van der Waals surface area contributed by atoms with Gasteiger partial charge in [-0.15, -0.1) is 0 Å². The van der Waals surface area contributed by atoms with Crippen LogP contribution in [0.25, 0.3) is 0 Å². The summed E-state index contributed by atoms with van der Waals surface area (Å²) in [6.45, 7) is 4.39. The molecule has 2 bridgehead atoms. The summed E-state index contributed by atoms with van der Waals surface area (Å²) in [5, 5.41) is 9.69. The Hall–Kier alpha value is -0.0400. The molecule has 1 N–H and O–H groups in total. The van der Waals surface area contributed by atoms with Crippen molar-refractivity contribution in [3.05, 3.63) is 0 Å². The van der Waals surface area contributed by atoms with Gasteiger partial charge >= 0.3 is 0 Å². The summed E-state index contributed by atoms with van der Waals surface area (Å²) >= 11 is 0. The Balaban J connectivity index is 2.33. The molecular formula is C9H16O. The van der Waals surface area contributed by atoms with Crippen molar-refractivity contribution in [2.24, 2.45) is 17.3 Å². The van der Waals surface area contributed by atoms with Crippen LogP contribution in [-0.4, -0.2) is 11.2 Å². The zero-order valence-electron chi connectivity index (χ0n) is 7.72. The van der Waals surface area contributed by atoms with Crippen LogP contribution in [0.2, 0.25) is 0 Å². The van der Waals surface area contributed by atoms with Crippen molar-refractivity contribution in [3.8, 4) is 0 Å². The third kappa shape index (κ3) is 0.619. The largest absolute Gasteiger partial charge is 0.393 e. The van der Waals surface area contributed by atoms with E-state index in [1.165, 1.54) is 6.42 Å². The first-order chi connectivity index (χ1) is 4.94. The van der Waals surface area contributed by atoms with Gasteiger partial charge in [0.15, 0.2) is 0 Å². The third-order valence-electron chi connectivity index (χ3n) is 3.61. The summed E-state index contributed by atoms with van der Waals surface area (Å²) < 4.78 is 7.68. The van der Waals surface area contributed by atoms with Crippen LogP contribution in [-0.2, 0) is 0 Å². The van der Waals surface area contributed by atoms with Gasteiger partial charge in [-0.2, -0.15) is 0 Å². The van der Waals surface area contributed by atoms with E-state index in [9.17, 15) is 5.11 Å². The van der Waals surface area contributed by atoms with Crippen molar-refractivity contribution in [3.63, 3.8) is 0 Å². The smallest absolute Gasteiger partial charge is 0.0604 e. The lowest BCUT2D eigenvalue weighted by molar-refractivity contribution is 0.0949. The Morgan fingerprint density at radius 2 is 2.20 bits per heavy atom. The zero-order chi connectivity index (χ0) is 8.28. The molecule has 3 unspecified atom stereocenters. The van der Waals surface area contributed by atoms with E-state index in [1.807, 2.05) is 0 Å². The van der Waals surface area contributed by atoms with Crippen molar-refractivity contribution >= 4 is 0 Å². The van der Waals surface area contributed by atoms with Gasteiger partial charge in [-0.25, -0.2) is 0 Å². The molecule has 0 aromatic rings. The molecule has 0 saturated heterocycles. The van der Waals surface area contributed by atoms with E-state index in [-0.39, 0.29) is 11.3 Å². The topological polar surface area (TPSA) is 20.2 Å². The molecular weight excluding hydrogens is 124 g/mol. The van der Waals surface area contributed by atoms with Gasteiger partial charge in [0.1, 0.15) is 0 Å². The van der Waals surface area contributed by atoms with E-state index in [0.717, 1.165) is 6.42 Å². The fourth-order valence-electron chi connectivity index (χ4n) is 2.75. The minimum absolute atomic E-state index is 0.219. The van der Waals surface area contributed by atoms with Gasteiger partial charge in [0.05, 0.1) is 7.45 Å². The maximum Gasteiger partial charge on any atom is 0.0604 e. The van der Waals surface area contributed by atoms with Gasteiger partial charge < -0.3 is 5.11 Å². The predicted octanol–water partition coefficient (Wildman–Crippen LogP) is 1.80. The molecule has 2 aliphatic carbocycles. The number of hydrogen-bond acceptors (Lipinski definition) is 1. The standard InChI is InChI=1S/C9H16O/c1-9(2)6-3-4-7(9)8(10)5-6/h6-8,10H,3-5H2,1-2H3/i8D. The van der Waals surface area contributed by atoms with Gasteiger partial charge in [0.25, 0.3) is 0 Å². The molecule has 2 aliphatic rings. The average Bonchev–Trinajstić information content (AvgIpc) is 2.15. The molecule has 0 heterocycles. The van der Waals surface area contributed by atoms with Crippen LogP contribution >= 0.6 is 0 Å². The van der Waals surface area contributed by atoms with E-state index in [2.05, 4.69) is 13.8 Å². The molecule has 0 aromatic carbocycles. The second-order valence-electron chi connectivity index (χ2n) is 4.34. The van der Waals surface area contributed by atoms with E-state index < -0.39 is 6.08 Å². The lowest BCUT2D eigenvalue weighted by Crippen LogP contribution is -2.22. The van der Waals surface area contributed by atoms with Crippen LogP contribution in [0.5, 0.6) is 0 Å². The molecule has 1 heteroatoms. The highest BCUT2D eigenvalue weighted by Gasteiger charge is 2.52. The Bertz CT molecular complexity index is 186. The van der Waals surface area contributed by atoms with Gasteiger partial charge in [-0.3, -0.25) is 0 Å². The van der Waals surface area contributed by atoms with Crippen molar-refractivity contribution in [1.29, 1.82) is 0 Å². The molecule has 58 valence electrons. The second kappa shape index (κ2) is 1.76. The van der Waals surface area contributed by atoms with Crippen LogP contribution in [0.4, 0.5) is 0 Å². The minimum Gasteiger partial charge on any atom is -0.393 e. The van der Waals surface area contributed by atoms with Crippen LogP contribution in [0.3, 0.4) is 0 Å². The molecule has 0 radical (unpaired) electrons. The highest BCUT2D eigenvalue weighted by atomic mass is 16.3. The number of aliphatic hydroxyl groups is 1. The molecule has 2 saturated carbocycles. The molecule has 2 rings (SSSR count). The number of hydrogen-bond donors (Lipinski definition) is 1. The summed E-state index contributed by atoms with van der Waals surface area (Å²) in [5.41, 5.74) is 0.219. The van der Waals surface area contributed by atoms with Gasteiger partial charge in [-0.1, -0.05) is 13.8 Å². The quantitative estimate of drug-likeness (QED) is 0.545. The minimum atomic E-state index is -1.10. The van der Waals surface area contributed by atoms with Crippen molar-refractivity contribution in [2.45, 2.75) is 39.2 Å². The maximum absolute atomic E-state index is 9.69. The first-order valence-corrected chi connectivity index (χ1v) is 4.17. The van der Waals surface area contributed by atoms with Crippen LogP contribution in [0.1, 0.15) is 34.5 Å². The molecule has 0 amide bonds. The van der Waals surface area contributed by atoms with Crippen LogP contribution in [0, 0.1) is 17.3 Å². The summed E-state index contributed by atoms with van der Waals surface area (Å²) in [7, 11) is 0. The zero-order valence-corrected chi connectivity index (χ0v) is 6.72. The first kappa shape index (κ1) is 5.59. The van der Waals surface area contributed by atoms with Gasteiger partial charge in [0, 0.05) is 0 Å². The lowest BCUT2D eigenvalue weighted by Gasteiger charge is -2.24. The van der Waals surface area contributed by atoms with Crippen LogP contribution < -0.4 is 0 Å². The molecule has 10 heavy (non-hydrogen) atoms. The Kier molecular flexibility index (Phi) is 0.984. The van der Waals surface area contributed by atoms with E-state index >= 15 is 0 Å². The summed E-state index contributed by atoms with van der Waals surface area (Å²) in [4.78, 5) is 0. The molecule has 0 aromatic heterocycles. The first-order valence-electron chi connectivity index (χ1n) is 4.67. The normalized spacial score (nSPS) is 58.9. The number of fused-ring (bicyclic) bond motifs is 2. The number of rotatable bonds is 0. The van der Waals surface area contributed by atoms with E-state index in [0.29, 0.717) is 12.3 Å². The van der Waals surface area contributed by atoms with Gasteiger partial charge in [-0.05, 0) is 36.5 Å². The van der Waals surface area contributed by atoms with Crippen LogP contribution in [0.15, 0.2) is 0 Å². The van der Waals surface area contributed by atoms with Gasteiger partial charge in [0.2, 0.25) is 0 Å². The SMILES string of the molecule is [2H]C1(O)CC2CCC1C2(C)C. The molecule has 1 nitrogen and oxygen atoms in total. The molecule has 0 aliphatic heterocycles. The molecule has 2 fully saturated rings. The highest BCUT2D eigenvalue weighted by Crippen LogP contribution is 2.57.